The van der Waals surface area contributed by atoms with Gasteiger partial charge < -0.3 is 24.4 Å². The van der Waals surface area contributed by atoms with Crippen molar-refractivity contribution in [2.75, 3.05) is 40.4 Å². The zero-order valence-corrected chi connectivity index (χ0v) is 22.0. The Morgan fingerprint density at radius 3 is 2.43 bits per heavy atom. The second-order valence-electron chi connectivity index (χ2n) is 10.1. The van der Waals surface area contributed by atoms with Crippen molar-refractivity contribution in [2.24, 2.45) is 5.92 Å². The number of nitrogens with zero attached hydrogens (tertiary/aromatic N) is 3. The third kappa shape index (κ3) is 6.95. The normalized spacial score (nSPS) is 18.9. The van der Waals surface area contributed by atoms with Crippen LogP contribution in [0.15, 0.2) is 48.5 Å². The Balaban J connectivity index is 1.57. The lowest BCUT2D eigenvalue weighted by Gasteiger charge is -2.42. The standard InChI is InChI=1S/C29H39N3O5/c1-36-26-14-13-24(27(17-26)37-2)19-31(28(33)23-11-7-4-8-12-23)21-25-20-30(15-16-32(25)29(34)35)18-22-9-5-3-6-10-22/h3,5-6,9-10,13-14,17,23,25H,4,7-8,11-12,15-16,18-21H2,1-2H3,(H,34,35)/t25-/m0/s1. The molecule has 2 aromatic carbocycles. The molecule has 1 atom stereocenters. The van der Waals surface area contributed by atoms with Gasteiger partial charge in [-0.3, -0.25) is 9.69 Å². The molecule has 2 fully saturated rings. The van der Waals surface area contributed by atoms with E-state index in [0.717, 1.165) is 37.8 Å². The number of benzene rings is 2. The highest BCUT2D eigenvalue weighted by atomic mass is 16.5. The van der Waals surface area contributed by atoms with Crippen LogP contribution in [0.5, 0.6) is 11.5 Å². The monoisotopic (exact) mass is 509 g/mol. The fraction of sp³-hybridized carbons (Fsp3) is 0.517. The molecule has 8 heteroatoms. The maximum Gasteiger partial charge on any atom is 0.407 e. The molecular formula is C29H39N3O5. The SMILES string of the molecule is COc1ccc(CN(C[C@@H]2CN(Cc3ccccc3)CCN2C(=O)O)C(=O)C2CCCCC2)c(OC)c1. The highest BCUT2D eigenvalue weighted by Crippen LogP contribution is 2.30. The predicted octanol–water partition coefficient (Wildman–Crippen LogP) is 4.48. The second kappa shape index (κ2) is 12.8. The van der Waals surface area contributed by atoms with Gasteiger partial charge in [0.15, 0.2) is 0 Å². The average Bonchev–Trinajstić information content (AvgIpc) is 2.93. The molecule has 1 saturated heterocycles. The maximum atomic E-state index is 13.8. The van der Waals surface area contributed by atoms with E-state index < -0.39 is 6.09 Å². The van der Waals surface area contributed by atoms with E-state index >= 15 is 0 Å². The lowest BCUT2D eigenvalue weighted by Crippen LogP contribution is -2.59. The summed E-state index contributed by atoms with van der Waals surface area (Å²) in [4.78, 5) is 31.7. The van der Waals surface area contributed by atoms with Crippen LogP contribution in [0, 0.1) is 5.92 Å². The lowest BCUT2D eigenvalue weighted by molar-refractivity contribution is -0.138. The summed E-state index contributed by atoms with van der Waals surface area (Å²) in [5, 5.41) is 9.98. The number of carbonyl (C=O) groups is 2. The minimum atomic E-state index is -0.934. The summed E-state index contributed by atoms with van der Waals surface area (Å²) in [5.41, 5.74) is 2.08. The molecule has 0 unspecified atom stereocenters. The number of carboxylic acid groups (broad SMARTS) is 1. The maximum absolute atomic E-state index is 13.8. The van der Waals surface area contributed by atoms with E-state index in [9.17, 15) is 14.7 Å². The first kappa shape index (κ1) is 26.8. The summed E-state index contributed by atoms with van der Waals surface area (Å²) < 4.78 is 11.0. The van der Waals surface area contributed by atoms with Crippen molar-refractivity contribution in [3.05, 3.63) is 59.7 Å². The van der Waals surface area contributed by atoms with Crippen LogP contribution in [0.2, 0.25) is 0 Å². The molecule has 2 aliphatic rings. The van der Waals surface area contributed by atoms with Crippen molar-refractivity contribution >= 4 is 12.0 Å². The number of hydrogen-bond donors (Lipinski definition) is 1. The first-order valence-corrected chi connectivity index (χ1v) is 13.2. The number of methoxy groups -OCH3 is 2. The Morgan fingerprint density at radius 2 is 1.76 bits per heavy atom. The highest BCUT2D eigenvalue weighted by Gasteiger charge is 2.35. The van der Waals surface area contributed by atoms with Crippen LogP contribution in [0.3, 0.4) is 0 Å². The third-order valence-electron chi connectivity index (χ3n) is 7.61. The molecule has 200 valence electrons. The molecule has 0 aromatic heterocycles. The molecular weight excluding hydrogens is 470 g/mol. The summed E-state index contributed by atoms with van der Waals surface area (Å²) in [6.07, 6.45) is 4.14. The molecule has 0 spiro atoms. The third-order valence-corrected chi connectivity index (χ3v) is 7.61. The summed E-state index contributed by atoms with van der Waals surface area (Å²) in [5.74, 6) is 1.44. The van der Waals surface area contributed by atoms with E-state index in [1.54, 1.807) is 14.2 Å². The molecule has 8 nitrogen and oxygen atoms in total. The Kier molecular flexibility index (Phi) is 9.28. The van der Waals surface area contributed by atoms with Gasteiger partial charge >= 0.3 is 6.09 Å². The molecule has 0 bridgehead atoms. The van der Waals surface area contributed by atoms with Gasteiger partial charge in [-0.1, -0.05) is 49.6 Å². The van der Waals surface area contributed by atoms with E-state index in [1.807, 2.05) is 41.3 Å². The number of carbonyl (C=O) groups excluding carboxylic acids is 1. The number of ether oxygens (including phenoxy) is 2. The van der Waals surface area contributed by atoms with Crippen LogP contribution in [0.25, 0.3) is 0 Å². The van der Waals surface area contributed by atoms with Gasteiger partial charge in [-0.15, -0.1) is 0 Å². The minimum Gasteiger partial charge on any atom is -0.497 e. The molecule has 4 rings (SSSR count). The van der Waals surface area contributed by atoms with E-state index in [-0.39, 0.29) is 17.9 Å². The Labute approximate surface area is 219 Å². The first-order chi connectivity index (χ1) is 18.0. The second-order valence-corrected chi connectivity index (χ2v) is 10.1. The summed E-state index contributed by atoms with van der Waals surface area (Å²) >= 11 is 0. The zero-order valence-electron chi connectivity index (χ0n) is 22.0. The van der Waals surface area contributed by atoms with Crippen LogP contribution in [-0.4, -0.2) is 78.2 Å². The average molecular weight is 510 g/mol. The Bertz CT molecular complexity index is 1040. The van der Waals surface area contributed by atoms with Gasteiger partial charge in [0.1, 0.15) is 11.5 Å². The van der Waals surface area contributed by atoms with Gasteiger partial charge in [0.2, 0.25) is 5.91 Å². The molecule has 0 radical (unpaired) electrons. The topological polar surface area (TPSA) is 82.5 Å². The molecule has 2 amide bonds. The first-order valence-electron chi connectivity index (χ1n) is 13.2. The van der Waals surface area contributed by atoms with Crippen molar-refractivity contribution in [3.63, 3.8) is 0 Å². The van der Waals surface area contributed by atoms with E-state index in [4.69, 9.17) is 9.47 Å². The molecule has 1 saturated carbocycles. The van der Waals surface area contributed by atoms with Crippen LogP contribution >= 0.6 is 0 Å². The molecule has 1 aliphatic carbocycles. The predicted molar refractivity (Wildman–Crippen MR) is 142 cm³/mol. The van der Waals surface area contributed by atoms with Crippen molar-refractivity contribution in [3.8, 4) is 11.5 Å². The zero-order chi connectivity index (χ0) is 26.2. The Morgan fingerprint density at radius 1 is 1.00 bits per heavy atom. The summed E-state index contributed by atoms with van der Waals surface area (Å²) in [7, 11) is 3.22. The van der Waals surface area contributed by atoms with Gasteiger partial charge in [0, 0.05) is 56.8 Å². The van der Waals surface area contributed by atoms with Crippen LogP contribution in [-0.2, 0) is 17.9 Å². The van der Waals surface area contributed by atoms with Gasteiger partial charge in [-0.05, 0) is 30.5 Å². The van der Waals surface area contributed by atoms with Crippen molar-refractivity contribution in [1.82, 2.24) is 14.7 Å². The summed E-state index contributed by atoms with van der Waals surface area (Å²) in [6.45, 7) is 3.14. The lowest BCUT2D eigenvalue weighted by atomic mass is 9.88. The molecule has 1 heterocycles. The van der Waals surface area contributed by atoms with E-state index in [0.29, 0.717) is 44.2 Å². The minimum absolute atomic E-state index is 0.0136. The van der Waals surface area contributed by atoms with Crippen molar-refractivity contribution in [2.45, 2.75) is 51.2 Å². The van der Waals surface area contributed by atoms with Gasteiger partial charge in [-0.2, -0.15) is 0 Å². The van der Waals surface area contributed by atoms with Gasteiger partial charge in [-0.25, -0.2) is 4.79 Å². The molecule has 37 heavy (non-hydrogen) atoms. The van der Waals surface area contributed by atoms with Gasteiger partial charge in [0.25, 0.3) is 0 Å². The van der Waals surface area contributed by atoms with E-state index in [2.05, 4.69) is 17.0 Å². The van der Waals surface area contributed by atoms with E-state index in [1.165, 1.54) is 16.9 Å². The fourth-order valence-electron chi connectivity index (χ4n) is 5.60. The smallest absolute Gasteiger partial charge is 0.407 e. The largest absolute Gasteiger partial charge is 0.497 e. The number of amides is 2. The van der Waals surface area contributed by atoms with Crippen LogP contribution in [0.1, 0.15) is 43.2 Å². The number of piperazine rings is 1. The molecule has 1 N–H and O–H groups in total. The molecule has 1 aliphatic heterocycles. The van der Waals surface area contributed by atoms with Crippen molar-refractivity contribution < 1.29 is 24.2 Å². The quantitative estimate of drug-likeness (QED) is 0.537. The fourth-order valence-corrected chi connectivity index (χ4v) is 5.60. The highest BCUT2D eigenvalue weighted by molar-refractivity contribution is 5.79. The number of hydrogen-bond acceptors (Lipinski definition) is 5. The Hall–Kier alpha value is -3.26. The number of rotatable bonds is 9. The van der Waals surface area contributed by atoms with Crippen LogP contribution < -0.4 is 9.47 Å². The van der Waals surface area contributed by atoms with Crippen molar-refractivity contribution in [1.29, 1.82) is 0 Å². The van der Waals surface area contributed by atoms with Gasteiger partial charge in [0.05, 0.1) is 20.3 Å². The van der Waals surface area contributed by atoms with Crippen LogP contribution in [0.4, 0.5) is 4.79 Å². The molecule has 2 aromatic rings. The summed E-state index contributed by atoms with van der Waals surface area (Å²) in [6, 6.07) is 15.5.